The average molecular weight is 493 g/mol. The minimum Gasteiger partial charge on any atom is -0.366 e. The SMILES string of the molecule is N#Cc1cc(-c2ccnc(Nc3ccc(C(N)=O)cc3)n2)cc2c1N(C(=O)Cc1ccccc1F)CC2. The summed E-state index contributed by atoms with van der Waals surface area (Å²) >= 11 is 0. The van der Waals surface area contributed by atoms with Gasteiger partial charge in [-0.15, -0.1) is 0 Å². The van der Waals surface area contributed by atoms with Crippen LogP contribution in [0, 0.1) is 17.1 Å². The first-order valence-corrected chi connectivity index (χ1v) is 11.5. The van der Waals surface area contributed by atoms with Crippen LogP contribution in [0.5, 0.6) is 0 Å². The van der Waals surface area contributed by atoms with Crippen LogP contribution >= 0.6 is 0 Å². The van der Waals surface area contributed by atoms with Crippen molar-refractivity contribution in [3.8, 4) is 17.3 Å². The maximum Gasteiger partial charge on any atom is 0.248 e. The summed E-state index contributed by atoms with van der Waals surface area (Å²) in [7, 11) is 0. The Labute approximate surface area is 212 Å². The van der Waals surface area contributed by atoms with Crippen LogP contribution in [0.2, 0.25) is 0 Å². The van der Waals surface area contributed by atoms with Gasteiger partial charge in [0.2, 0.25) is 17.8 Å². The van der Waals surface area contributed by atoms with Gasteiger partial charge < -0.3 is 16.0 Å². The first kappa shape index (κ1) is 23.6. The van der Waals surface area contributed by atoms with E-state index >= 15 is 0 Å². The predicted molar refractivity (Wildman–Crippen MR) is 137 cm³/mol. The Morgan fingerprint density at radius 1 is 1.11 bits per heavy atom. The zero-order valence-electron chi connectivity index (χ0n) is 19.6. The quantitative estimate of drug-likeness (QED) is 0.417. The van der Waals surface area contributed by atoms with E-state index in [2.05, 4.69) is 21.4 Å². The normalized spacial score (nSPS) is 12.1. The molecule has 2 amide bonds. The van der Waals surface area contributed by atoms with Gasteiger partial charge in [0.15, 0.2) is 0 Å². The molecule has 1 aliphatic rings. The summed E-state index contributed by atoms with van der Waals surface area (Å²) in [6, 6.07) is 20.4. The van der Waals surface area contributed by atoms with Crippen LogP contribution in [-0.4, -0.2) is 28.3 Å². The second-order valence-corrected chi connectivity index (χ2v) is 8.54. The van der Waals surface area contributed by atoms with E-state index in [-0.39, 0.29) is 12.3 Å². The van der Waals surface area contributed by atoms with Crippen LogP contribution in [0.25, 0.3) is 11.3 Å². The number of halogens is 1. The van der Waals surface area contributed by atoms with Gasteiger partial charge in [0.05, 0.1) is 23.4 Å². The molecule has 0 saturated heterocycles. The third kappa shape index (κ3) is 4.86. The van der Waals surface area contributed by atoms with Gasteiger partial charge in [-0.2, -0.15) is 5.26 Å². The van der Waals surface area contributed by atoms with Crippen molar-refractivity contribution < 1.29 is 14.0 Å². The zero-order valence-corrected chi connectivity index (χ0v) is 19.6. The lowest BCUT2D eigenvalue weighted by Crippen LogP contribution is -2.31. The number of rotatable bonds is 6. The van der Waals surface area contributed by atoms with Gasteiger partial charge in [-0.05, 0) is 66.1 Å². The van der Waals surface area contributed by atoms with E-state index in [1.54, 1.807) is 65.7 Å². The summed E-state index contributed by atoms with van der Waals surface area (Å²) in [5, 5.41) is 13.0. The fourth-order valence-corrected chi connectivity index (χ4v) is 4.36. The number of benzene rings is 3. The highest BCUT2D eigenvalue weighted by molar-refractivity contribution is 5.99. The summed E-state index contributed by atoms with van der Waals surface area (Å²) in [6.45, 7) is 0.415. The van der Waals surface area contributed by atoms with Gasteiger partial charge in [0.25, 0.3) is 0 Å². The molecule has 9 heteroatoms. The molecule has 0 bridgehead atoms. The standard InChI is InChI=1S/C28H21FN6O2/c29-23-4-2-1-3-18(23)15-25(36)35-12-10-19-13-20(14-21(16-30)26(19)35)24-9-11-32-28(34-24)33-22-7-5-17(6-8-22)27(31)37/h1-9,11,13-14H,10,12,15H2,(H2,31,37)(H,32,33,34). The number of hydrogen-bond acceptors (Lipinski definition) is 6. The number of aromatic nitrogens is 2. The molecule has 0 saturated carbocycles. The summed E-state index contributed by atoms with van der Waals surface area (Å²) in [6.07, 6.45) is 2.09. The Hall–Kier alpha value is -5.10. The molecule has 3 N–H and O–H groups in total. The number of carbonyl (C=O) groups is 2. The molecule has 1 aliphatic heterocycles. The Balaban J connectivity index is 1.40. The number of nitrogens with zero attached hydrogens (tertiary/aromatic N) is 4. The maximum absolute atomic E-state index is 14.1. The Morgan fingerprint density at radius 3 is 2.62 bits per heavy atom. The highest BCUT2D eigenvalue weighted by Gasteiger charge is 2.29. The third-order valence-corrected chi connectivity index (χ3v) is 6.16. The highest BCUT2D eigenvalue weighted by Crippen LogP contribution is 2.36. The summed E-state index contributed by atoms with van der Waals surface area (Å²) in [5.74, 6) is -0.862. The van der Waals surface area contributed by atoms with Crippen molar-refractivity contribution >= 4 is 29.1 Å². The molecule has 37 heavy (non-hydrogen) atoms. The van der Waals surface area contributed by atoms with Crippen molar-refractivity contribution in [2.75, 3.05) is 16.8 Å². The molecule has 5 rings (SSSR count). The van der Waals surface area contributed by atoms with Gasteiger partial charge in [-0.1, -0.05) is 18.2 Å². The lowest BCUT2D eigenvalue weighted by atomic mass is 10.0. The number of primary amides is 1. The highest BCUT2D eigenvalue weighted by atomic mass is 19.1. The number of hydrogen-bond donors (Lipinski definition) is 2. The lowest BCUT2D eigenvalue weighted by molar-refractivity contribution is -0.117. The summed E-state index contributed by atoms with van der Waals surface area (Å²) < 4.78 is 14.1. The molecular formula is C28H21FN6O2. The third-order valence-electron chi connectivity index (χ3n) is 6.16. The van der Waals surface area contributed by atoms with Crippen molar-refractivity contribution in [2.45, 2.75) is 12.8 Å². The van der Waals surface area contributed by atoms with E-state index < -0.39 is 11.7 Å². The van der Waals surface area contributed by atoms with Gasteiger partial charge in [-0.25, -0.2) is 14.4 Å². The molecule has 0 aliphatic carbocycles. The number of nitrogens with one attached hydrogen (secondary N) is 1. The van der Waals surface area contributed by atoms with Gasteiger partial charge >= 0.3 is 0 Å². The Kier molecular flexibility index (Phi) is 6.31. The number of nitrogens with two attached hydrogens (primary N) is 1. The first-order valence-electron chi connectivity index (χ1n) is 11.5. The molecule has 0 unspecified atom stereocenters. The summed E-state index contributed by atoms with van der Waals surface area (Å²) in [5.41, 5.74) is 9.76. The monoisotopic (exact) mass is 492 g/mol. The fourth-order valence-electron chi connectivity index (χ4n) is 4.36. The van der Waals surface area contributed by atoms with Crippen molar-refractivity contribution in [1.82, 2.24) is 9.97 Å². The number of nitriles is 1. The lowest BCUT2D eigenvalue weighted by Gasteiger charge is -2.19. The molecule has 1 aromatic heterocycles. The van der Waals surface area contributed by atoms with Crippen molar-refractivity contribution in [3.05, 3.63) is 101 Å². The molecule has 0 radical (unpaired) electrons. The van der Waals surface area contributed by atoms with Crippen molar-refractivity contribution in [2.24, 2.45) is 5.73 Å². The fraction of sp³-hybridized carbons (Fsp3) is 0.107. The largest absolute Gasteiger partial charge is 0.366 e. The molecule has 4 aromatic rings. The average Bonchev–Trinajstić information content (AvgIpc) is 3.34. The van der Waals surface area contributed by atoms with Crippen LogP contribution in [0.1, 0.15) is 27.0 Å². The van der Waals surface area contributed by atoms with E-state index in [4.69, 9.17) is 5.73 Å². The minimum atomic E-state index is -0.512. The first-order chi connectivity index (χ1) is 17.9. The summed E-state index contributed by atoms with van der Waals surface area (Å²) in [4.78, 5) is 34.7. The molecule has 2 heterocycles. The zero-order chi connectivity index (χ0) is 25.9. The van der Waals surface area contributed by atoms with Crippen LogP contribution in [0.4, 0.5) is 21.7 Å². The van der Waals surface area contributed by atoms with Gasteiger partial charge in [-0.3, -0.25) is 9.59 Å². The molecule has 8 nitrogen and oxygen atoms in total. The molecule has 0 spiro atoms. The van der Waals surface area contributed by atoms with Crippen LogP contribution in [-0.2, 0) is 17.6 Å². The van der Waals surface area contributed by atoms with Gasteiger partial charge in [0.1, 0.15) is 11.9 Å². The van der Waals surface area contributed by atoms with E-state index in [1.807, 2.05) is 6.07 Å². The molecule has 182 valence electrons. The van der Waals surface area contributed by atoms with E-state index in [1.165, 1.54) is 6.07 Å². The van der Waals surface area contributed by atoms with E-state index in [9.17, 15) is 19.2 Å². The number of anilines is 3. The minimum absolute atomic E-state index is 0.0832. The maximum atomic E-state index is 14.1. The van der Waals surface area contributed by atoms with E-state index in [0.717, 1.165) is 5.56 Å². The van der Waals surface area contributed by atoms with E-state index in [0.29, 0.717) is 58.2 Å². The molecular weight excluding hydrogens is 471 g/mol. The van der Waals surface area contributed by atoms with Crippen molar-refractivity contribution in [1.29, 1.82) is 5.26 Å². The second kappa shape index (κ2) is 9.87. The second-order valence-electron chi connectivity index (χ2n) is 8.54. The topological polar surface area (TPSA) is 125 Å². The number of fused-ring (bicyclic) bond motifs is 1. The Morgan fingerprint density at radius 2 is 1.89 bits per heavy atom. The van der Waals surface area contributed by atoms with Crippen molar-refractivity contribution in [3.63, 3.8) is 0 Å². The van der Waals surface area contributed by atoms with Crippen LogP contribution < -0.4 is 16.0 Å². The Bertz CT molecular complexity index is 1560. The molecule has 0 atom stereocenters. The number of carbonyl (C=O) groups excluding carboxylic acids is 2. The predicted octanol–water partition coefficient (Wildman–Crippen LogP) is 4.13. The van der Waals surface area contributed by atoms with Crippen LogP contribution in [0.15, 0.2) is 72.9 Å². The van der Waals surface area contributed by atoms with Crippen LogP contribution in [0.3, 0.4) is 0 Å². The van der Waals surface area contributed by atoms with Gasteiger partial charge in [0, 0.05) is 29.6 Å². The molecule has 3 aromatic carbocycles. The molecule has 0 fully saturated rings. The number of amides is 2. The smallest absolute Gasteiger partial charge is 0.248 e.